The number of amides is 1. The quantitative estimate of drug-likeness (QED) is 0.848. The summed E-state index contributed by atoms with van der Waals surface area (Å²) in [4.78, 5) is 23.9. The monoisotopic (exact) mass is 327 g/mol. The van der Waals surface area contributed by atoms with Crippen molar-refractivity contribution in [1.82, 2.24) is 15.1 Å². The molecule has 0 aliphatic carbocycles. The molecule has 1 amide bonds. The number of hydrogen-bond donors (Lipinski definition) is 2. The number of nitrogens with zero attached hydrogens (tertiary/aromatic N) is 2. The van der Waals surface area contributed by atoms with Gasteiger partial charge in [-0.3, -0.25) is 14.3 Å². The lowest BCUT2D eigenvalue weighted by Gasteiger charge is -2.16. The van der Waals surface area contributed by atoms with Crippen LogP contribution in [-0.2, 0) is 24.2 Å². The van der Waals surface area contributed by atoms with E-state index >= 15 is 0 Å². The van der Waals surface area contributed by atoms with E-state index in [4.69, 9.17) is 0 Å². The van der Waals surface area contributed by atoms with Gasteiger partial charge in [-0.1, -0.05) is 30.3 Å². The number of fused-ring (bicyclic) bond motifs is 1. The molecule has 1 aliphatic heterocycles. The van der Waals surface area contributed by atoms with Gasteiger partial charge in [-0.05, 0) is 31.2 Å². The van der Waals surface area contributed by atoms with Gasteiger partial charge in [-0.2, -0.15) is 5.10 Å². The van der Waals surface area contributed by atoms with E-state index in [-0.39, 0.29) is 12.5 Å². The Morgan fingerprint density at radius 1 is 1.25 bits per heavy atom. The number of rotatable bonds is 6. The maximum Gasteiger partial charge on any atom is 0.308 e. The van der Waals surface area contributed by atoms with E-state index in [0.29, 0.717) is 12.0 Å². The second kappa shape index (κ2) is 7.29. The highest BCUT2D eigenvalue weighted by atomic mass is 16.4. The number of benzene rings is 1. The lowest BCUT2D eigenvalue weighted by Crippen LogP contribution is -2.34. The average molecular weight is 327 g/mol. The van der Waals surface area contributed by atoms with Crippen molar-refractivity contribution in [3.63, 3.8) is 0 Å². The molecule has 6 heteroatoms. The Balaban J connectivity index is 1.63. The van der Waals surface area contributed by atoms with E-state index in [9.17, 15) is 14.7 Å². The van der Waals surface area contributed by atoms with Gasteiger partial charge in [0.05, 0.1) is 23.4 Å². The zero-order valence-electron chi connectivity index (χ0n) is 13.4. The van der Waals surface area contributed by atoms with Crippen molar-refractivity contribution in [2.24, 2.45) is 5.92 Å². The summed E-state index contributed by atoms with van der Waals surface area (Å²) in [5, 5.41) is 16.4. The van der Waals surface area contributed by atoms with Gasteiger partial charge in [0.2, 0.25) is 0 Å². The van der Waals surface area contributed by atoms with E-state index in [1.54, 1.807) is 6.20 Å². The molecule has 2 aromatic rings. The maximum atomic E-state index is 12.4. The topological polar surface area (TPSA) is 84.2 Å². The van der Waals surface area contributed by atoms with E-state index in [2.05, 4.69) is 10.4 Å². The number of carbonyl (C=O) groups excluding carboxylic acids is 1. The van der Waals surface area contributed by atoms with E-state index in [0.717, 1.165) is 37.1 Å². The van der Waals surface area contributed by atoms with Crippen LogP contribution in [0.2, 0.25) is 0 Å². The maximum absolute atomic E-state index is 12.4. The van der Waals surface area contributed by atoms with Crippen molar-refractivity contribution >= 4 is 11.9 Å². The number of carboxylic acids is 1. The number of aryl methyl sites for hydroxylation is 1. The molecule has 0 spiro atoms. The summed E-state index contributed by atoms with van der Waals surface area (Å²) in [6.07, 6.45) is 4.95. The van der Waals surface area contributed by atoms with Gasteiger partial charge >= 0.3 is 5.97 Å². The highest BCUT2D eigenvalue weighted by Gasteiger charge is 2.23. The SMILES string of the molecule is O=C(NCC(Cc1ccccc1)C(=O)O)c1cnn2c1CCCC2. The minimum atomic E-state index is -0.906. The fourth-order valence-corrected chi connectivity index (χ4v) is 3.07. The molecule has 2 N–H and O–H groups in total. The van der Waals surface area contributed by atoms with Crippen LogP contribution in [0, 0.1) is 5.92 Å². The van der Waals surface area contributed by atoms with Crippen LogP contribution in [0.4, 0.5) is 0 Å². The Labute approximate surface area is 140 Å². The van der Waals surface area contributed by atoms with Crippen LogP contribution in [0.5, 0.6) is 0 Å². The van der Waals surface area contributed by atoms with Crippen LogP contribution < -0.4 is 5.32 Å². The van der Waals surface area contributed by atoms with E-state index in [1.807, 2.05) is 35.0 Å². The summed E-state index contributed by atoms with van der Waals surface area (Å²) >= 11 is 0. The van der Waals surface area contributed by atoms with Crippen LogP contribution in [-0.4, -0.2) is 33.3 Å². The van der Waals surface area contributed by atoms with Crippen LogP contribution in [0.3, 0.4) is 0 Å². The molecule has 0 bridgehead atoms. The lowest BCUT2D eigenvalue weighted by molar-refractivity contribution is -0.141. The van der Waals surface area contributed by atoms with Crippen LogP contribution >= 0.6 is 0 Å². The van der Waals surface area contributed by atoms with Crippen LogP contribution in [0.15, 0.2) is 36.5 Å². The summed E-state index contributed by atoms with van der Waals surface area (Å²) in [6.45, 7) is 0.946. The first-order chi connectivity index (χ1) is 11.6. The first kappa shape index (κ1) is 16.2. The normalized spacial score (nSPS) is 14.7. The highest BCUT2D eigenvalue weighted by Crippen LogP contribution is 2.18. The van der Waals surface area contributed by atoms with Gasteiger partial charge in [-0.25, -0.2) is 0 Å². The van der Waals surface area contributed by atoms with E-state index < -0.39 is 11.9 Å². The molecule has 126 valence electrons. The largest absolute Gasteiger partial charge is 0.481 e. The molecule has 0 radical (unpaired) electrons. The van der Waals surface area contributed by atoms with Crippen molar-refractivity contribution in [2.45, 2.75) is 32.2 Å². The molecule has 1 aliphatic rings. The van der Waals surface area contributed by atoms with Crippen LogP contribution in [0.1, 0.15) is 34.5 Å². The Bertz CT molecular complexity index is 724. The van der Waals surface area contributed by atoms with Crippen molar-refractivity contribution in [1.29, 1.82) is 0 Å². The summed E-state index contributed by atoms with van der Waals surface area (Å²) in [5.41, 5.74) is 2.47. The minimum absolute atomic E-state index is 0.105. The molecule has 1 atom stereocenters. The third-order valence-corrected chi connectivity index (χ3v) is 4.41. The van der Waals surface area contributed by atoms with Crippen LogP contribution in [0.25, 0.3) is 0 Å². The lowest BCUT2D eigenvalue weighted by atomic mass is 9.99. The molecule has 1 aromatic heterocycles. The van der Waals surface area contributed by atoms with Crippen molar-refractivity contribution in [3.8, 4) is 0 Å². The number of carboxylic acid groups (broad SMARTS) is 1. The van der Waals surface area contributed by atoms with Crippen molar-refractivity contribution in [3.05, 3.63) is 53.3 Å². The molecule has 1 aromatic carbocycles. The molecule has 1 unspecified atom stereocenters. The molecule has 0 fully saturated rings. The summed E-state index contributed by atoms with van der Waals surface area (Å²) in [7, 11) is 0. The summed E-state index contributed by atoms with van der Waals surface area (Å²) in [5.74, 6) is -1.79. The van der Waals surface area contributed by atoms with E-state index in [1.165, 1.54) is 0 Å². The number of nitrogens with one attached hydrogen (secondary N) is 1. The zero-order valence-corrected chi connectivity index (χ0v) is 13.4. The first-order valence-electron chi connectivity index (χ1n) is 8.25. The molecular weight excluding hydrogens is 306 g/mol. The molecule has 0 saturated carbocycles. The Hall–Kier alpha value is -2.63. The van der Waals surface area contributed by atoms with Gasteiger partial charge in [0.25, 0.3) is 5.91 Å². The van der Waals surface area contributed by atoms with Gasteiger partial charge in [0, 0.05) is 13.1 Å². The zero-order chi connectivity index (χ0) is 16.9. The number of hydrogen-bond acceptors (Lipinski definition) is 3. The van der Waals surface area contributed by atoms with Gasteiger partial charge in [0.1, 0.15) is 0 Å². The minimum Gasteiger partial charge on any atom is -0.481 e. The Kier molecular flexibility index (Phi) is 4.93. The third kappa shape index (κ3) is 3.64. The molecule has 6 nitrogen and oxygen atoms in total. The van der Waals surface area contributed by atoms with Crippen molar-refractivity contribution < 1.29 is 14.7 Å². The average Bonchev–Trinajstić information content (AvgIpc) is 3.03. The van der Waals surface area contributed by atoms with Crippen molar-refractivity contribution in [2.75, 3.05) is 6.54 Å². The highest BCUT2D eigenvalue weighted by molar-refractivity contribution is 5.95. The fourth-order valence-electron chi connectivity index (χ4n) is 3.07. The summed E-state index contributed by atoms with van der Waals surface area (Å²) in [6, 6.07) is 9.44. The third-order valence-electron chi connectivity index (χ3n) is 4.41. The number of aliphatic carboxylic acids is 1. The first-order valence-corrected chi connectivity index (χ1v) is 8.25. The molecule has 24 heavy (non-hydrogen) atoms. The summed E-state index contributed by atoms with van der Waals surface area (Å²) < 4.78 is 1.87. The van der Waals surface area contributed by atoms with Gasteiger partial charge in [-0.15, -0.1) is 0 Å². The predicted octanol–water partition coefficient (Wildman–Crippen LogP) is 1.89. The van der Waals surface area contributed by atoms with Gasteiger partial charge in [0.15, 0.2) is 0 Å². The standard InChI is InChI=1S/C18H21N3O3/c22-17(15-12-20-21-9-5-4-8-16(15)21)19-11-14(18(23)24)10-13-6-2-1-3-7-13/h1-3,6-7,12,14H,4-5,8-11H2,(H,19,22)(H,23,24). The number of carbonyl (C=O) groups is 2. The Morgan fingerprint density at radius 3 is 2.79 bits per heavy atom. The van der Waals surface area contributed by atoms with Gasteiger partial charge < -0.3 is 10.4 Å². The smallest absolute Gasteiger partial charge is 0.308 e. The second-order valence-electron chi connectivity index (χ2n) is 6.12. The second-order valence-corrected chi connectivity index (χ2v) is 6.12. The molecular formula is C18H21N3O3. The molecule has 2 heterocycles. The molecule has 3 rings (SSSR count). The predicted molar refractivity (Wildman–Crippen MR) is 88.8 cm³/mol. The fraction of sp³-hybridized carbons (Fsp3) is 0.389. The number of aromatic nitrogens is 2. The Morgan fingerprint density at radius 2 is 2.04 bits per heavy atom. The molecule has 0 saturated heterocycles.